The van der Waals surface area contributed by atoms with Gasteiger partial charge in [0.1, 0.15) is 18.2 Å². The van der Waals surface area contributed by atoms with Crippen LogP contribution in [0.15, 0.2) is 0 Å². The van der Waals surface area contributed by atoms with Crippen LogP contribution in [0.1, 0.15) is 34.1 Å². The maximum atomic E-state index is 11.9. The van der Waals surface area contributed by atoms with E-state index in [0.717, 1.165) is 0 Å². The second-order valence-corrected chi connectivity index (χ2v) is 5.88. The topological polar surface area (TPSA) is 99.2 Å². The minimum Gasteiger partial charge on any atom is -0.460 e. The van der Waals surface area contributed by atoms with Crippen LogP contribution in [0.3, 0.4) is 0 Å². The largest absolute Gasteiger partial charge is 0.460 e. The lowest BCUT2D eigenvalue weighted by Gasteiger charge is -2.38. The Labute approximate surface area is 134 Å². The molecule has 5 atom stereocenters. The van der Waals surface area contributed by atoms with E-state index < -0.39 is 42.3 Å². The number of likely N-dealkylation sites (tertiary alicyclic amines) is 1. The Morgan fingerprint density at radius 2 is 1.26 bits per heavy atom. The van der Waals surface area contributed by atoms with E-state index in [2.05, 4.69) is 0 Å². The summed E-state index contributed by atoms with van der Waals surface area (Å²) >= 11 is 0. The van der Waals surface area contributed by atoms with Gasteiger partial charge in [-0.1, -0.05) is 0 Å². The molecule has 1 saturated heterocycles. The lowest BCUT2D eigenvalue weighted by atomic mass is 9.94. The molecular weight excluding hydrogens is 306 g/mol. The van der Waals surface area contributed by atoms with Crippen molar-refractivity contribution in [2.75, 3.05) is 6.54 Å². The Morgan fingerprint density at radius 3 is 1.74 bits per heavy atom. The molecule has 0 unspecified atom stereocenters. The molecule has 1 saturated carbocycles. The van der Waals surface area contributed by atoms with Crippen molar-refractivity contribution in [3.05, 3.63) is 0 Å². The molecule has 8 heteroatoms. The number of piperidine rings is 1. The van der Waals surface area contributed by atoms with Crippen molar-refractivity contribution in [2.45, 2.75) is 58.5 Å². The third kappa shape index (κ3) is 3.46. The van der Waals surface area contributed by atoms with E-state index in [-0.39, 0.29) is 11.8 Å². The summed E-state index contributed by atoms with van der Waals surface area (Å²) in [6.45, 7) is 5.60. The SMILES string of the molecule is CC(=O)O[C@@H]1[C@@H]2CCN(C(C)=O)[C@@H]([C@@H]2OC(C)=O)[C@H]1OC(C)=O. The fourth-order valence-electron chi connectivity index (χ4n) is 3.58. The van der Waals surface area contributed by atoms with E-state index in [4.69, 9.17) is 14.2 Å². The van der Waals surface area contributed by atoms with Crippen molar-refractivity contribution >= 4 is 23.8 Å². The number of nitrogens with zero attached hydrogens (tertiary/aromatic N) is 1. The predicted molar refractivity (Wildman–Crippen MR) is 75.9 cm³/mol. The molecule has 2 rings (SSSR count). The summed E-state index contributed by atoms with van der Waals surface area (Å²) in [6.07, 6.45) is -1.77. The molecule has 128 valence electrons. The summed E-state index contributed by atoms with van der Waals surface area (Å²) in [5.74, 6) is -2.10. The van der Waals surface area contributed by atoms with E-state index in [1.165, 1.54) is 32.6 Å². The van der Waals surface area contributed by atoms with Gasteiger partial charge in [0.05, 0.1) is 0 Å². The molecule has 8 nitrogen and oxygen atoms in total. The molecule has 0 aromatic rings. The third-order valence-electron chi connectivity index (χ3n) is 4.21. The standard InChI is InChI=1S/C15H21NO7/c1-7(17)16-6-5-11-13(21-8(2)18)12(16)15(23-10(4)20)14(11)22-9(3)19/h11-15H,5-6H2,1-4H3/t11-,12+,13-,14-,15-/m1/s1. The highest BCUT2D eigenvalue weighted by Gasteiger charge is 2.61. The Balaban J connectivity index is 2.40. The van der Waals surface area contributed by atoms with Crippen LogP contribution in [0.2, 0.25) is 0 Å². The fourth-order valence-corrected chi connectivity index (χ4v) is 3.58. The zero-order valence-electron chi connectivity index (χ0n) is 13.6. The number of rotatable bonds is 3. The van der Waals surface area contributed by atoms with Crippen molar-refractivity contribution in [1.82, 2.24) is 4.90 Å². The molecule has 0 aromatic heterocycles. The van der Waals surface area contributed by atoms with Crippen molar-refractivity contribution in [3.63, 3.8) is 0 Å². The monoisotopic (exact) mass is 327 g/mol. The molecule has 1 amide bonds. The van der Waals surface area contributed by atoms with E-state index in [1.54, 1.807) is 0 Å². The third-order valence-corrected chi connectivity index (χ3v) is 4.21. The van der Waals surface area contributed by atoms with Crippen LogP contribution in [-0.2, 0) is 33.4 Å². The lowest BCUT2D eigenvalue weighted by molar-refractivity contribution is -0.167. The molecule has 1 heterocycles. The molecule has 23 heavy (non-hydrogen) atoms. The average Bonchev–Trinajstić information content (AvgIpc) is 2.57. The van der Waals surface area contributed by atoms with Gasteiger partial charge in [0.25, 0.3) is 0 Å². The molecule has 0 N–H and O–H groups in total. The number of fused-ring (bicyclic) bond motifs is 2. The first-order valence-electron chi connectivity index (χ1n) is 7.51. The van der Waals surface area contributed by atoms with Gasteiger partial charge in [-0.25, -0.2) is 0 Å². The average molecular weight is 327 g/mol. The number of ether oxygens (including phenoxy) is 3. The Bertz CT molecular complexity index is 514. The first kappa shape index (κ1) is 17.2. The van der Waals surface area contributed by atoms with E-state index in [9.17, 15) is 19.2 Å². The number of carbonyl (C=O) groups is 4. The highest BCUT2D eigenvalue weighted by molar-refractivity contribution is 5.75. The molecule has 0 spiro atoms. The van der Waals surface area contributed by atoms with Crippen LogP contribution in [0.5, 0.6) is 0 Å². The summed E-state index contributed by atoms with van der Waals surface area (Å²) in [5, 5.41) is 0. The molecule has 2 aliphatic rings. The molecule has 2 fully saturated rings. The molecular formula is C15H21NO7. The zero-order chi connectivity index (χ0) is 17.3. The van der Waals surface area contributed by atoms with Gasteiger partial charge in [0.2, 0.25) is 5.91 Å². The number of hydrogen-bond donors (Lipinski definition) is 0. The smallest absolute Gasteiger partial charge is 0.303 e. The van der Waals surface area contributed by atoms with Crippen molar-refractivity contribution in [1.29, 1.82) is 0 Å². The number of esters is 3. The van der Waals surface area contributed by atoms with Gasteiger partial charge < -0.3 is 19.1 Å². The second-order valence-electron chi connectivity index (χ2n) is 5.88. The highest BCUT2D eigenvalue weighted by Crippen LogP contribution is 2.42. The molecule has 0 aromatic carbocycles. The minimum atomic E-state index is -0.850. The molecule has 0 radical (unpaired) electrons. The Morgan fingerprint density at radius 1 is 0.783 bits per heavy atom. The number of carbonyl (C=O) groups excluding carboxylic acids is 4. The molecule has 1 aliphatic heterocycles. The van der Waals surface area contributed by atoms with Crippen molar-refractivity contribution < 1.29 is 33.4 Å². The van der Waals surface area contributed by atoms with Gasteiger partial charge in [-0.05, 0) is 6.42 Å². The number of hydrogen-bond acceptors (Lipinski definition) is 7. The first-order chi connectivity index (χ1) is 10.7. The van der Waals surface area contributed by atoms with Crippen LogP contribution >= 0.6 is 0 Å². The van der Waals surface area contributed by atoms with Crippen LogP contribution in [0, 0.1) is 5.92 Å². The van der Waals surface area contributed by atoms with Gasteiger partial charge in [-0.15, -0.1) is 0 Å². The first-order valence-corrected chi connectivity index (χ1v) is 7.51. The Hall–Kier alpha value is -2.12. The van der Waals surface area contributed by atoms with Crippen LogP contribution < -0.4 is 0 Å². The van der Waals surface area contributed by atoms with Crippen LogP contribution in [-0.4, -0.2) is 59.6 Å². The maximum absolute atomic E-state index is 11.9. The van der Waals surface area contributed by atoms with Gasteiger partial charge >= 0.3 is 17.9 Å². The van der Waals surface area contributed by atoms with E-state index in [0.29, 0.717) is 13.0 Å². The summed E-state index contributed by atoms with van der Waals surface area (Å²) < 4.78 is 16.0. The van der Waals surface area contributed by atoms with Crippen LogP contribution in [0.4, 0.5) is 0 Å². The van der Waals surface area contributed by atoms with Gasteiger partial charge in [0.15, 0.2) is 6.10 Å². The molecule has 1 aliphatic carbocycles. The normalized spacial score (nSPS) is 32.2. The Kier molecular flexibility index (Phi) is 4.91. The second kappa shape index (κ2) is 6.55. The quantitative estimate of drug-likeness (QED) is 0.532. The highest BCUT2D eigenvalue weighted by atomic mass is 16.6. The number of amides is 1. The summed E-state index contributed by atoms with van der Waals surface area (Å²) in [5.41, 5.74) is 0. The van der Waals surface area contributed by atoms with Crippen molar-refractivity contribution in [3.8, 4) is 0 Å². The zero-order valence-corrected chi connectivity index (χ0v) is 13.6. The lowest BCUT2D eigenvalue weighted by Crippen LogP contribution is -2.55. The van der Waals surface area contributed by atoms with Gasteiger partial charge in [-0.3, -0.25) is 19.2 Å². The van der Waals surface area contributed by atoms with E-state index in [1.807, 2.05) is 0 Å². The minimum absolute atomic E-state index is 0.216. The van der Waals surface area contributed by atoms with Crippen LogP contribution in [0.25, 0.3) is 0 Å². The summed E-state index contributed by atoms with van der Waals surface area (Å²) in [6, 6.07) is -0.650. The molecule has 2 bridgehead atoms. The van der Waals surface area contributed by atoms with E-state index >= 15 is 0 Å². The van der Waals surface area contributed by atoms with Gasteiger partial charge in [-0.2, -0.15) is 0 Å². The fraction of sp³-hybridized carbons (Fsp3) is 0.733. The summed E-state index contributed by atoms with van der Waals surface area (Å²) in [7, 11) is 0. The summed E-state index contributed by atoms with van der Waals surface area (Å²) in [4.78, 5) is 47.7. The van der Waals surface area contributed by atoms with Crippen molar-refractivity contribution in [2.24, 2.45) is 5.92 Å². The maximum Gasteiger partial charge on any atom is 0.303 e. The van der Waals surface area contributed by atoms with Gasteiger partial charge in [0, 0.05) is 40.2 Å². The predicted octanol–water partition coefficient (Wildman–Crippen LogP) is 0.0321.